The van der Waals surface area contributed by atoms with Crippen LogP contribution in [0.4, 0.5) is 0 Å². The van der Waals surface area contributed by atoms with Gasteiger partial charge < -0.3 is 9.47 Å². The summed E-state index contributed by atoms with van der Waals surface area (Å²) < 4.78 is 11.5. The second-order valence-corrected chi connectivity index (χ2v) is 7.58. The van der Waals surface area contributed by atoms with Crippen LogP contribution in [0.15, 0.2) is 60.7 Å². The first-order valence-electron chi connectivity index (χ1n) is 9.61. The highest BCUT2D eigenvalue weighted by Gasteiger charge is 1.99. The van der Waals surface area contributed by atoms with Gasteiger partial charge in [0.05, 0.1) is 0 Å². The molecule has 0 aliphatic heterocycles. The minimum atomic E-state index is 0.556. The van der Waals surface area contributed by atoms with Crippen LogP contribution in [0.5, 0.6) is 11.5 Å². The Bertz CT molecular complexity index is 592. The molecule has 0 unspecified atom stereocenters. The summed E-state index contributed by atoms with van der Waals surface area (Å²) in [6.45, 7) is 10.0. The summed E-state index contributed by atoms with van der Waals surface area (Å²) in [7, 11) is 0. The summed E-state index contributed by atoms with van der Waals surface area (Å²) in [4.78, 5) is 0. The van der Waals surface area contributed by atoms with Crippen LogP contribution < -0.4 is 9.47 Å². The predicted molar refractivity (Wildman–Crippen MR) is 110 cm³/mol. The van der Waals surface area contributed by atoms with Crippen molar-refractivity contribution in [1.29, 1.82) is 0 Å². The standard InChI is InChI=1S/C24H32O2/c1-19(2)17-21-7-11-23(12-8-21)25-15-5-6-16-26-24-13-9-22(10-14-24)18-20(3)4/h5-14,19-20H,15-18H2,1-4H3/b6-5-. The summed E-state index contributed by atoms with van der Waals surface area (Å²) in [6, 6.07) is 16.7. The molecule has 0 N–H and O–H groups in total. The van der Waals surface area contributed by atoms with Crippen LogP contribution in [0.25, 0.3) is 0 Å². The fourth-order valence-corrected chi connectivity index (χ4v) is 2.81. The maximum atomic E-state index is 5.73. The van der Waals surface area contributed by atoms with Gasteiger partial charge >= 0.3 is 0 Å². The molecule has 0 saturated carbocycles. The number of hydrogen-bond acceptors (Lipinski definition) is 2. The van der Waals surface area contributed by atoms with Gasteiger partial charge in [-0.3, -0.25) is 0 Å². The highest BCUT2D eigenvalue weighted by atomic mass is 16.5. The molecular weight excluding hydrogens is 320 g/mol. The fourth-order valence-electron chi connectivity index (χ4n) is 2.81. The van der Waals surface area contributed by atoms with Crippen LogP contribution >= 0.6 is 0 Å². The molecular formula is C24H32O2. The van der Waals surface area contributed by atoms with Gasteiger partial charge in [0.2, 0.25) is 0 Å². The van der Waals surface area contributed by atoms with Crippen molar-refractivity contribution < 1.29 is 9.47 Å². The van der Waals surface area contributed by atoms with E-state index in [1.165, 1.54) is 11.1 Å². The molecule has 2 nitrogen and oxygen atoms in total. The first-order valence-corrected chi connectivity index (χ1v) is 9.61. The third-order valence-electron chi connectivity index (χ3n) is 3.99. The number of ether oxygens (including phenoxy) is 2. The van der Waals surface area contributed by atoms with Gasteiger partial charge in [-0.1, -0.05) is 52.0 Å². The molecule has 26 heavy (non-hydrogen) atoms. The van der Waals surface area contributed by atoms with Gasteiger partial charge in [-0.25, -0.2) is 0 Å². The smallest absolute Gasteiger partial charge is 0.119 e. The van der Waals surface area contributed by atoms with Crippen molar-refractivity contribution in [3.63, 3.8) is 0 Å². The largest absolute Gasteiger partial charge is 0.490 e. The van der Waals surface area contributed by atoms with E-state index in [2.05, 4.69) is 52.0 Å². The van der Waals surface area contributed by atoms with Gasteiger partial charge in [0, 0.05) is 0 Å². The van der Waals surface area contributed by atoms with Crippen molar-refractivity contribution in [2.24, 2.45) is 11.8 Å². The van der Waals surface area contributed by atoms with Crippen LogP contribution in [0.2, 0.25) is 0 Å². The Morgan fingerprint density at radius 2 is 0.962 bits per heavy atom. The molecule has 0 aliphatic rings. The Labute approximate surface area is 158 Å². The quantitative estimate of drug-likeness (QED) is 0.481. The molecule has 0 bridgehead atoms. The van der Waals surface area contributed by atoms with Crippen molar-refractivity contribution in [2.75, 3.05) is 13.2 Å². The highest BCUT2D eigenvalue weighted by Crippen LogP contribution is 2.16. The van der Waals surface area contributed by atoms with E-state index < -0.39 is 0 Å². The fraction of sp³-hybridized carbons (Fsp3) is 0.417. The van der Waals surface area contributed by atoms with Crippen molar-refractivity contribution >= 4 is 0 Å². The molecule has 0 saturated heterocycles. The van der Waals surface area contributed by atoms with Gasteiger partial charge in [-0.15, -0.1) is 0 Å². The second kappa shape index (κ2) is 10.7. The maximum absolute atomic E-state index is 5.73. The second-order valence-electron chi connectivity index (χ2n) is 7.58. The SMILES string of the molecule is CC(C)Cc1ccc(OC/C=C\COc2ccc(CC(C)C)cc2)cc1. The predicted octanol–water partition coefficient (Wildman–Crippen LogP) is 6.10. The highest BCUT2D eigenvalue weighted by molar-refractivity contribution is 5.28. The molecule has 0 atom stereocenters. The lowest BCUT2D eigenvalue weighted by Gasteiger charge is -2.08. The van der Waals surface area contributed by atoms with Gasteiger partial charge in [0.25, 0.3) is 0 Å². The Morgan fingerprint density at radius 3 is 1.27 bits per heavy atom. The maximum Gasteiger partial charge on any atom is 0.119 e. The van der Waals surface area contributed by atoms with E-state index in [4.69, 9.17) is 9.47 Å². The van der Waals surface area contributed by atoms with Gasteiger partial charge in [-0.2, -0.15) is 0 Å². The Kier molecular flexibility index (Phi) is 8.27. The van der Waals surface area contributed by atoms with E-state index in [-0.39, 0.29) is 0 Å². The van der Waals surface area contributed by atoms with E-state index in [1.807, 2.05) is 36.4 Å². The Morgan fingerprint density at radius 1 is 0.615 bits per heavy atom. The summed E-state index contributed by atoms with van der Waals surface area (Å²) >= 11 is 0. The van der Waals surface area contributed by atoms with Gasteiger partial charge in [0.1, 0.15) is 24.7 Å². The summed E-state index contributed by atoms with van der Waals surface area (Å²) in [5.74, 6) is 3.17. The van der Waals surface area contributed by atoms with Crippen LogP contribution in [0, 0.1) is 11.8 Å². The average molecular weight is 353 g/mol. The Balaban J connectivity index is 1.66. The molecule has 2 rings (SSSR count). The third-order valence-corrected chi connectivity index (χ3v) is 3.99. The normalized spacial score (nSPS) is 11.5. The van der Waals surface area contributed by atoms with Crippen molar-refractivity contribution in [1.82, 2.24) is 0 Å². The molecule has 0 heterocycles. The molecule has 0 aromatic heterocycles. The van der Waals surface area contributed by atoms with E-state index in [0.717, 1.165) is 24.3 Å². The topological polar surface area (TPSA) is 18.5 Å². The van der Waals surface area contributed by atoms with Crippen molar-refractivity contribution in [3.8, 4) is 11.5 Å². The van der Waals surface area contributed by atoms with E-state index in [0.29, 0.717) is 25.0 Å². The van der Waals surface area contributed by atoms with E-state index >= 15 is 0 Å². The first-order chi connectivity index (χ1) is 12.5. The molecule has 140 valence electrons. The van der Waals surface area contributed by atoms with E-state index in [9.17, 15) is 0 Å². The first kappa shape index (κ1) is 20.1. The lowest BCUT2D eigenvalue weighted by atomic mass is 10.0. The number of benzene rings is 2. The van der Waals surface area contributed by atoms with Crippen molar-refractivity contribution in [2.45, 2.75) is 40.5 Å². The average Bonchev–Trinajstić information content (AvgIpc) is 2.60. The van der Waals surface area contributed by atoms with Crippen LogP contribution in [0.3, 0.4) is 0 Å². The summed E-state index contributed by atoms with van der Waals surface area (Å²) in [6.07, 6.45) is 6.20. The minimum absolute atomic E-state index is 0.556. The van der Waals surface area contributed by atoms with Gasteiger partial charge in [-0.05, 0) is 72.2 Å². The molecule has 2 heteroatoms. The molecule has 0 amide bonds. The summed E-state index contributed by atoms with van der Waals surface area (Å²) in [5, 5.41) is 0. The van der Waals surface area contributed by atoms with Crippen LogP contribution in [-0.4, -0.2) is 13.2 Å². The number of rotatable bonds is 10. The molecule has 0 radical (unpaired) electrons. The minimum Gasteiger partial charge on any atom is -0.490 e. The zero-order valence-electron chi connectivity index (χ0n) is 16.6. The zero-order chi connectivity index (χ0) is 18.8. The Hall–Kier alpha value is -2.22. The summed E-state index contributed by atoms with van der Waals surface area (Å²) in [5.41, 5.74) is 2.71. The molecule has 0 spiro atoms. The molecule has 2 aromatic carbocycles. The van der Waals surface area contributed by atoms with Crippen LogP contribution in [-0.2, 0) is 12.8 Å². The molecule has 0 aliphatic carbocycles. The van der Waals surface area contributed by atoms with Crippen LogP contribution in [0.1, 0.15) is 38.8 Å². The molecule has 2 aromatic rings. The third kappa shape index (κ3) is 7.77. The van der Waals surface area contributed by atoms with Gasteiger partial charge in [0.15, 0.2) is 0 Å². The van der Waals surface area contributed by atoms with E-state index in [1.54, 1.807) is 0 Å². The monoisotopic (exact) mass is 352 g/mol. The lowest BCUT2D eigenvalue weighted by Crippen LogP contribution is -1.98. The molecule has 0 fully saturated rings. The number of hydrogen-bond donors (Lipinski definition) is 0. The lowest BCUT2D eigenvalue weighted by molar-refractivity contribution is 0.350. The van der Waals surface area contributed by atoms with Crippen molar-refractivity contribution in [3.05, 3.63) is 71.8 Å². The zero-order valence-corrected chi connectivity index (χ0v) is 16.6.